The number of sulfonamides is 1. The smallest absolute Gasteiger partial charge is 0.268 e. The number of phenols is 1. The highest BCUT2D eigenvalue weighted by Crippen LogP contribution is 2.30. The van der Waals surface area contributed by atoms with Crippen molar-refractivity contribution in [2.75, 3.05) is 10.8 Å². The molecule has 0 aromatic heterocycles. The van der Waals surface area contributed by atoms with Gasteiger partial charge in [-0.15, -0.1) is 0 Å². The van der Waals surface area contributed by atoms with Gasteiger partial charge < -0.3 is 5.11 Å². The maximum atomic E-state index is 12.7. The lowest BCUT2D eigenvalue weighted by Gasteiger charge is -2.24. The number of hydrogen-bond acceptors (Lipinski definition) is 3. The van der Waals surface area contributed by atoms with Crippen LogP contribution in [0.5, 0.6) is 5.75 Å². The highest BCUT2D eigenvalue weighted by atomic mass is 32.2. The topological polar surface area (TPSA) is 57.6 Å². The van der Waals surface area contributed by atoms with Gasteiger partial charge in [-0.05, 0) is 37.6 Å². The molecule has 2 rings (SSSR count). The molecule has 2 aromatic carbocycles. The van der Waals surface area contributed by atoms with E-state index in [9.17, 15) is 13.5 Å². The van der Waals surface area contributed by atoms with E-state index in [2.05, 4.69) is 0 Å². The Morgan fingerprint density at radius 3 is 2.25 bits per heavy atom. The Morgan fingerprint density at radius 1 is 1.05 bits per heavy atom. The fourth-order valence-corrected chi connectivity index (χ4v) is 3.73. The predicted octanol–water partition coefficient (Wildman–Crippen LogP) is 2.92. The second kappa shape index (κ2) is 5.54. The van der Waals surface area contributed by atoms with Gasteiger partial charge >= 0.3 is 0 Å². The standard InChI is InChI=1S/C15H17NO3S/c1-3-16(13-9-5-4-8-12(13)2)20(18,19)15-11-7-6-10-14(15)17/h4-11,17H,3H2,1-2H3. The fraction of sp³-hybridized carbons (Fsp3) is 0.200. The van der Waals surface area contributed by atoms with E-state index in [0.717, 1.165) is 5.56 Å². The molecule has 0 aliphatic carbocycles. The number of para-hydroxylation sites is 2. The van der Waals surface area contributed by atoms with Crippen LogP contribution in [0.1, 0.15) is 12.5 Å². The summed E-state index contributed by atoms with van der Waals surface area (Å²) in [4.78, 5) is -0.0786. The van der Waals surface area contributed by atoms with Crippen LogP contribution in [0.4, 0.5) is 5.69 Å². The number of benzene rings is 2. The lowest BCUT2D eigenvalue weighted by atomic mass is 10.2. The number of hydrogen-bond donors (Lipinski definition) is 1. The first-order chi connectivity index (χ1) is 9.48. The molecule has 0 aliphatic heterocycles. The number of aryl methyl sites for hydroxylation is 1. The quantitative estimate of drug-likeness (QED) is 0.942. The van der Waals surface area contributed by atoms with Gasteiger partial charge in [0.15, 0.2) is 0 Å². The Balaban J connectivity index is 2.58. The number of aromatic hydroxyl groups is 1. The molecular formula is C15H17NO3S. The average Bonchev–Trinajstić information content (AvgIpc) is 2.42. The maximum absolute atomic E-state index is 12.7. The molecule has 5 heteroatoms. The SMILES string of the molecule is CCN(c1ccccc1C)S(=O)(=O)c1ccccc1O. The third-order valence-corrected chi connectivity index (χ3v) is 5.04. The minimum absolute atomic E-state index is 0.0786. The van der Waals surface area contributed by atoms with Gasteiger partial charge in [0.2, 0.25) is 0 Å². The molecule has 0 amide bonds. The van der Waals surface area contributed by atoms with E-state index in [1.54, 1.807) is 31.2 Å². The van der Waals surface area contributed by atoms with Gasteiger partial charge in [0.05, 0.1) is 5.69 Å². The van der Waals surface area contributed by atoms with Crippen LogP contribution in [0.15, 0.2) is 53.4 Å². The lowest BCUT2D eigenvalue weighted by Crippen LogP contribution is -2.31. The van der Waals surface area contributed by atoms with Crippen molar-refractivity contribution in [2.24, 2.45) is 0 Å². The van der Waals surface area contributed by atoms with Crippen molar-refractivity contribution in [1.29, 1.82) is 0 Å². The molecule has 0 spiro atoms. The largest absolute Gasteiger partial charge is 0.507 e. The van der Waals surface area contributed by atoms with E-state index in [4.69, 9.17) is 0 Å². The average molecular weight is 291 g/mol. The molecule has 0 saturated carbocycles. The van der Waals surface area contributed by atoms with Crippen molar-refractivity contribution in [2.45, 2.75) is 18.7 Å². The van der Waals surface area contributed by atoms with Gasteiger partial charge in [-0.25, -0.2) is 8.42 Å². The summed E-state index contributed by atoms with van der Waals surface area (Å²) < 4.78 is 26.7. The Kier molecular flexibility index (Phi) is 3.99. The summed E-state index contributed by atoms with van der Waals surface area (Å²) in [5, 5.41) is 9.80. The predicted molar refractivity (Wildman–Crippen MR) is 79.5 cm³/mol. The molecule has 2 aromatic rings. The number of nitrogens with zero attached hydrogens (tertiary/aromatic N) is 1. The molecule has 4 nitrogen and oxygen atoms in total. The van der Waals surface area contributed by atoms with Gasteiger partial charge in [0.1, 0.15) is 10.6 Å². The van der Waals surface area contributed by atoms with Crippen LogP contribution in [0.2, 0.25) is 0 Å². The Hall–Kier alpha value is -2.01. The van der Waals surface area contributed by atoms with E-state index in [1.807, 2.05) is 19.1 Å². The van der Waals surface area contributed by atoms with Crippen LogP contribution in [-0.4, -0.2) is 20.1 Å². The molecule has 0 fully saturated rings. The number of phenolic OH excluding ortho intramolecular Hbond substituents is 1. The van der Waals surface area contributed by atoms with E-state index >= 15 is 0 Å². The van der Waals surface area contributed by atoms with E-state index in [-0.39, 0.29) is 10.6 Å². The molecule has 1 N–H and O–H groups in total. The summed E-state index contributed by atoms with van der Waals surface area (Å²) >= 11 is 0. The highest BCUT2D eigenvalue weighted by molar-refractivity contribution is 7.93. The molecule has 20 heavy (non-hydrogen) atoms. The maximum Gasteiger partial charge on any atom is 0.268 e. The van der Waals surface area contributed by atoms with Crippen molar-refractivity contribution in [3.8, 4) is 5.75 Å². The molecule has 0 atom stereocenters. The fourth-order valence-electron chi connectivity index (χ4n) is 2.11. The molecule has 106 valence electrons. The van der Waals surface area contributed by atoms with Crippen molar-refractivity contribution < 1.29 is 13.5 Å². The second-order valence-electron chi connectivity index (χ2n) is 4.42. The van der Waals surface area contributed by atoms with Crippen LogP contribution in [0, 0.1) is 6.92 Å². The van der Waals surface area contributed by atoms with Crippen LogP contribution >= 0.6 is 0 Å². The number of anilines is 1. The Morgan fingerprint density at radius 2 is 1.65 bits per heavy atom. The van der Waals surface area contributed by atoms with Gasteiger partial charge in [0.25, 0.3) is 10.0 Å². The lowest BCUT2D eigenvalue weighted by molar-refractivity contribution is 0.458. The third-order valence-electron chi connectivity index (χ3n) is 3.10. The summed E-state index contributed by atoms with van der Waals surface area (Å²) in [6, 6.07) is 13.3. The summed E-state index contributed by atoms with van der Waals surface area (Å²) in [6.45, 7) is 3.92. The van der Waals surface area contributed by atoms with Crippen molar-refractivity contribution in [1.82, 2.24) is 0 Å². The number of rotatable bonds is 4. The second-order valence-corrected chi connectivity index (χ2v) is 6.25. The zero-order valence-electron chi connectivity index (χ0n) is 11.4. The molecule has 0 aliphatic rings. The molecule has 0 unspecified atom stereocenters. The van der Waals surface area contributed by atoms with E-state index in [0.29, 0.717) is 12.2 Å². The normalized spacial score (nSPS) is 11.3. The third kappa shape index (κ3) is 2.49. The first kappa shape index (κ1) is 14.4. The van der Waals surface area contributed by atoms with E-state index < -0.39 is 10.0 Å². The molecule has 0 saturated heterocycles. The molecular weight excluding hydrogens is 274 g/mol. The van der Waals surface area contributed by atoms with Gasteiger partial charge in [0, 0.05) is 6.54 Å². The monoisotopic (exact) mass is 291 g/mol. The van der Waals surface area contributed by atoms with E-state index in [1.165, 1.54) is 16.4 Å². The first-order valence-electron chi connectivity index (χ1n) is 6.35. The van der Waals surface area contributed by atoms with Crippen LogP contribution < -0.4 is 4.31 Å². The zero-order chi connectivity index (χ0) is 14.8. The van der Waals surface area contributed by atoms with Crippen molar-refractivity contribution in [3.63, 3.8) is 0 Å². The molecule has 0 radical (unpaired) electrons. The Bertz CT molecular complexity index is 711. The minimum Gasteiger partial charge on any atom is -0.507 e. The summed E-state index contributed by atoms with van der Waals surface area (Å²) in [6.07, 6.45) is 0. The highest BCUT2D eigenvalue weighted by Gasteiger charge is 2.26. The Labute approximate surface area is 119 Å². The van der Waals surface area contributed by atoms with Gasteiger partial charge in [-0.3, -0.25) is 4.31 Å². The van der Waals surface area contributed by atoms with Gasteiger partial charge in [-0.2, -0.15) is 0 Å². The van der Waals surface area contributed by atoms with Crippen LogP contribution in [0.25, 0.3) is 0 Å². The molecule has 0 heterocycles. The summed E-state index contributed by atoms with van der Waals surface area (Å²) in [5.41, 5.74) is 1.49. The van der Waals surface area contributed by atoms with Crippen LogP contribution in [0.3, 0.4) is 0 Å². The first-order valence-corrected chi connectivity index (χ1v) is 7.79. The molecule has 0 bridgehead atoms. The summed E-state index contributed by atoms with van der Waals surface area (Å²) in [7, 11) is -3.77. The zero-order valence-corrected chi connectivity index (χ0v) is 12.3. The van der Waals surface area contributed by atoms with Crippen LogP contribution in [-0.2, 0) is 10.0 Å². The van der Waals surface area contributed by atoms with Crippen molar-refractivity contribution >= 4 is 15.7 Å². The summed E-state index contributed by atoms with van der Waals surface area (Å²) in [5.74, 6) is -0.237. The minimum atomic E-state index is -3.77. The van der Waals surface area contributed by atoms with Crippen molar-refractivity contribution in [3.05, 3.63) is 54.1 Å². The van der Waals surface area contributed by atoms with Gasteiger partial charge in [-0.1, -0.05) is 30.3 Å².